The molecule has 0 bridgehead atoms. The van der Waals surface area contributed by atoms with E-state index in [-0.39, 0.29) is 0 Å². The second-order valence-corrected chi connectivity index (χ2v) is 5.11. The van der Waals surface area contributed by atoms with E-state index in [1.54, 1.807) is 0 Å². The van der Waals surface area contributed by atoms with Crippen LogP contribution in [0.25, 0.3) is 0 Å². The number of hydrogen-bond donors (Lipinski definition) is 2. The van der Waals surface area contributed by atoms with Crippen LogP contribution in [-0.4, -0.2) is 32.0 Å². The van der Waals surface area contributed by atoms with E-state index < -0.39 is 0 Å². The Bertz CT molecular complexity index is 631. The maximum atomic E-state index is 8.31. The molecule has 2 aromatic rings. The van der Waals surface area contributed by atoms with Gasteiger partial charge in [0.05, 0.1) is 18.9 Å². The lowest BCUT2D eigenvalue weighted by Gasteiger charge is -2.28. The molecular weight excluding hydrogens is 262 g/mol. The molecule has 1 aliphatic heterocycles. The summed E-state index contributed by atoms with van der Waals surface area (Å²) in [6.45, 7) is 3.39. The molecule has 0 atom stereocenters. The Morgan fingerprint density at radius 3 is 2.33 bits per heavy atom. The zero-order valence-electron chi connectivity index (χ0n) is 11.9. The van der Waals surface area contributed by atoms with Crippen molar-refractivity contribution in [3.63, 3.8) is 0 Å². The molecule has 0 unspecified atom stereocenters. The highest BCUT2D eigenvalue weighted by Crippen LogP contribution is 2.20. The van der Waals surface area contributed by atoms with Crippen molar-refractivity contribution in [2.45, 2.75) is 0 Å². The summed E-state index contributed by atoms with van der Waals surface area (Å²) in [6, 6.07) is 15.6. The van der Waals surface area contributed by atoms with Crippen LogP contribution >= 0.6 is 0 Å². The summed E-state index contributed by atoms with van der Waals surface area (Å²) in [6.07, 6.45) is 0. The number of anilines is 2. The summed E-state index contributed by atoms with van der Waals surface area (Å²) < 4.78 is 5.36. The maximum Gasteiger partial charge on any atom is 0.0705 e. The van der Waals surface area contributed by atoms with Gasteiger partial charge in [-0.2, -0.15) is 0 Å². The highest BCUT2D eigenvalue weighted by molar-refractivity contribution is 6.13. The fourth-order valence-electron chi connectivity index (χ4n) is 2.54. The number of rotatable bonds is 3. The van der Waals surface area contributed by atoms with Crippen molar-refractivity contribution >= 4 is 17.1 Å². The lowest BCUT2D eigenvalue weighted by atomic mass is 10.0. The number of morpholine rings is 1. The van der Waals surface area contributed by atoms with Gasteiger partial charge in [-0.05, 0) is 18.2 Å². The SMILES string of the molecule is N=C(c1ccc(N2CCOCC2)cc1)c1ccccc1N. The van der Waals surface area contributed by atoms with Crippen molar-refractivity contribution in [2.24, 2.45) is 0 Å². The van der Waals surface area contributed by atoms with Crippen molar-refractivity contribution in [3.8, 4) is 0 Å². The minimum absolute atomic E-state index is 0.460. The third-order valence-corrected chi connectivity index (χ3v) is 3.76. The lowest BCUT2D eigenvalue weighted by molar-refractivity contribution is 0.122. The number of nitrogens with two attached hydrogens (primary N) is 1. The first-order valence-corrected chi connectivity index (χ1v) is 7.12. The van der Waals surface area contributed by atoms with E-state index in [0.717, 1.165) is 37.4 Å². The van der Waals surface area contributed by atoms with Gasteiger partial charge in [0.15, 0.2) is 0 Å². The van der Waals surface area contributed by atoms with Crippen molar-refractivity contribution in [3.05, 3.63) is 59.7 Å². The van der Waals surface area contributed by atoms with E-state index in [1.165, 1.54) is 5.69 Å². The standard InChI is InChI=1S/C17H19N3O/c18-16-4-2-1-3-15(16)17(19)13-5-7-14(8-6-13)20-9-11-21-12-10-20/h1-8,19H,9-12,18H2. The number of hydrogen-bond acceptors (Lipinski definition) is 4. The molecule has 1 saturated heterocycles. The third kappa shape index (κ3) is 2.90. The second kappa shape index (κ2) is 5.97. The van der Waals surface area contributed by atoms with Crippen molar-refractivity contribution in [1.29, 1.82) is 5.41 Å². The number of nitrogens with one attached hydrogen (secondary N) is 1. The van der Waals surface area contributed by atoms with Gasteiger partial charge in [0.25, 0.3) is 0 Å². The summed E-state index contributed by atoms with van der Waals surface area (Å²) in [4.78, 5) is 2.30. The molecule has 3 rings (SSSR count). The molecule has 1 aliphatic rings. The molecule has 0 saturated carbocycles. The highest BCUT2D eigenvalue weighted by atomic mass is 16.5. The minimum atomic E-state index is 0.460. The van der Waals surface area contributed by atoms with Crippen molar-refractivity contribution in [2.75, 3.05) is 36.9 Å². The summed E-state index contributed by atoms with van der Waals surface area (Å²) in [5.74, 6) is 0. The van der Waals surface area contributed by atoms with Crippen LogP contribution in [0.1, 0.15) is 11.1 Å². The molecule has 0 aromatic heterocycles. The van der Waals surface area contributed by atoms with Crippen LogP contribution in [0.5, 0.6) is 0 Å². The first kappa shape index (κ1) is 13.6. The van der Waals surface area contributed by atoms with Gasteiger partial charge in [0.2, 0.25) is 0 Å². The predicted octanol–water partition coefficient (Wildman–Crippen LogP) is 2.52. The Kier molecular flexibility index (Phi) is 3.88. The largest absolute Gasteiger partial charge is 0.398 e. The van der Waals surface area contributed by atoms with Gasteiger partial charge in [0, 0.05) is 35.6 Å². The third-order valence-electron chi connectivity index (χ3n) is 3.76. The van der Waals surface area contributed by atoms with Gasteiger partial charge in [-0.3, -0.25) is 5.41 Å². The molecule has 108 valence electrons. The summed E-state index contributed by atoms with van der Waals surface area (Å²) in [7, 11) is 0. The molecule has 1 fully saturated rings. The Hall–Kier alpha value is -2.33. The zero-order chi connectivity index (χ0) is 14.7. The Morgan fingerprint density at radius 2 is 1.67 bits per heavy atom. The topological polar surface area (TPSA) is 62.3 Å². The van der Waals surface area contributed by atoms with Crippen molar-refractivity contribution in [1.82, 2.24) is 0 Å². The molecule has 3 N–H and O–H groups in total. The molecule has 1 heterocycles. The van der Waals surface area contributed by atoms with Crippen molar-refractivity contribution < 1.29 is 4.74 Å². The average molecular weight is 281 g/mol. The Balaban J connectivity index is 1.80. The maximum absolute atomic E-state index is 8.31. The molecular formula is C17H19N3O. The second-order valence-electron chi connectivity index (χ2n) is 5.11. The predicted molar refractivity (Wildman–Crippen MR) is 86.3 cm³/mol. The molecule has 4 nitrogen and oxygen atoms in total. The van der Waals surface area contributed by atoms with Crippen LogP contribution in [0.15, 0.2) is 48.5 Å². The lowest BCUT2D eigenvalue weighted by Crippen LogP contribution is -2.36. The van der Waals surface area contributed by atoms with Gasteiger partial charge >= 0.3 is 0 Å². The monoisotopic (exact) mass is 281 g/mol. The van der Waals surface area contributed by atoms with E-state index in [4.69, 9.17) is 15.9 Å². The summed E-state index contributed by atoms with van der Waals surface area (Å²) in [5.41, 5.74) is 9.87. The fraction of sp³-hybridized carbons (Fsp3) is 0.235. The average Bonchev–Trinajstić information content (AvgIpc) is 2.56. The molecule has 0 radical (unpaired) electrons. The van der Waals surface area contributed by atoms with E-state index in [9.17, 15) is 0 Å². The molecule has 4 heteroatoms. The molecule has 0 aliphatic carbocycles. The fourth-order valence-corrected chi connectivity index (χ4v) is 2.54. The number of para-hydroxylation sites is 1. The van der Waals surface area contributed by atoms with Gasteiger partial charge < -0.3 is 15.4 Å². The van der Waals surface area contributed by atoms with Crippen LogP contribution in [0.2, 0.25) is 0 Å². The van der Waals surface area contributed by atoms with E-state index in [2.05, 4.69) is 17.0 Å². The van der Waals surface area contributed by atoms with E-state index in [0.29, 0.717) is 11.4 Å². The summed E-state index contributed by atoms with van der Waals surface area (Å²) >= 11 is 0. The first-order valence-electron chi connectivity index (χ1n) is 7.12. The van der Waals surface area contributed by atoms with Gasteiger partial charge in [-0.25, -0.2) is 0 Å². The highest BCUT2D eigenvalue weighted by Gasteiger charge is 2.12. The van der Waals surface area contributed by atoms with Crippen LogP contribution in [0, 0.1) is 5.41 Å². The first-order chi connectivity index (χ1) is 10.3. The Labute approximate surface area is 124 Å². The van der Waals surface area contributed by atoms with Crippen LogP contribution in [0.4, 0.5) is 11.4 Å². The number of nitrogen functional groups attached to an aromatic ring is 1. The number of ether oxygens (including phenoxy) is 1. The molecule has 21 heavy (non-hydrogen) atoms. The number of nitrogens with zero attached hydrogens (tertiary/aromatic N) is 1. The summed E-state index contributed by atoms with van der Waals surface area (Å²) in [5, 5.41) is 8.31. The minimum Gasteiger partial charge on any atom is -0.398 e. The smallest absolute Gasteiger partial charge is 0.0705 e. The zero-order valence-corrected chi connectivity index (χ0v) is 11.9. The normalized spacial score (nSPS) is 15.0. The van der Waals surface area contributed by atoms with Gasteiger partial charge in [-0.15, -0.1) is 0 Å². The quantitative estimate of drug-likeness (QED) is 0.671. The Morgan fingerprint density at radius 1 is 1.00 bits per heavy atom. The van der Waals surface area contributed by atoms with Crippen LogP contribution in [0.3, 0.4) is 0 Å². The van der Waals surface area contributed by atoms with E-state index in [1.807, 2.05) is 36.4 Å². The molecule has 2 aromatic carbocycles. The van der Waals surface area contributed by atoms with Crippen LogP contribution < -0.4 is 10.6 Å². The van der Waals surface area contributed by atoms with Gasteiger partial charge in [0.1, 0.15) is 0 Å². The number of benzene rings is 2. The molecule has 0 spiro atoms. The van der Waals surface area contributed by atoms with Gasteiger partial charge in [-0.1, -0.05) is 30.3 Å². The molecule has 0 amide bonds. The van der Waals surface area contributed by atoms with Crippen LogP contribution in [-0.2, 0) is 4.74 Å². The van der Waals surface area contributed by atoms with E-state index >= 15 is 0 Å².